The molecule has 0 saturated carbocycles. The summed E-state index contributed by atoms with van der Waals surface area (Å²) in [7, 11) is 0. The third-order valence-corrected chi connectivity index (χ3v) is 2.77. The van der Waals surface area contributed by atoms with Gasteiger partial charge in [0.2, 0.25) is 0 Å². The highest BCUT2D eigenvalue weighted by atomic mass is 32.2. The molecule has 0 aliphatic rings. The summed E-state index contributed by atoms with van der Waals surface area (Å²) in [5, 5.41) is 13.0. The van der Waals surface area contributed by atoms with Crippen molar-refractivity contribution in [2.24, 2.45) is 0 Å². The standard InChI is InChI=1S/C10H17F3N2O3S/c1-6(5-10(11,12)13)14-9(18)15-7(8(16)17)3-4-19-2/h6-7H,3-5H2,1-2H3,(H,16,17)(H2,14,15,18)/t6?,7-/m0/s1. The van der Waals surface area contributed by atoms with Crippen LogP contribution in [0.15, 0.2) is 0 Å². The third kappa shape index (κ3) is 9.46. The molecule has 19 heavy (non-hydrogen) atoms. The normalized spacial score (nSPS) is 14.6. The molecular formula is C10H17F3N2O3S. The zero-order valence-corrected chi connectivity index (χ0v) is 11.4. The van der Waals surface area contributed by atoms with Gasteiger partial charge in [-0.25, -0.2) is 9.59 Å². The van der Waals surface area contributed by atoms with Gasteiger partial charge in [0.1, 0.15) is 6.04 Å². The highest BCUT2D eigenvalue weighted by Gasteiger charge is 2.31. The second kappa shape index (κ2) is 8.13. The van der Waals surface area contributed by atoms with E-state index >= 15 is 0 Å². The van der Waals surface area contributed by atoms with Gasteiger partial charge in [-0.3, -0.25) is 0 Å². The van der Waals surface area contributed by atoms with Crippen molar-refractivity contribution in [1.29, 1.82) is 0 Å². The maximum atomic E-state index is 12.0. The van der Waals surface area contributed by atoms with Crippen molar-refractivity contribution in [2.75, 3.05) is 12.0 Å². The van der Waals surface area contributed by atoms with E-state index in [2.05, 4.69) is 10.6 Å². The van der Waals surface area contributed by atoms with Crippen LogP contribution in [0, 0.1) is 0 Å². The first-order chi connectivity index (χ1) is 8.65. The largest absolute Gasteiger partial charge is 0.480 e. The fraction of sp³-hybridized carbons (Fsp3) is 0.800. The molecule has 2 amide bonds. The molecule has 0 fully saturated rings. The summed E-state index contributed by atoms with van der Waals surface area (Å²) in [6.07, 6.45) is -3.55. The Kier molecular flexibility index (Phi) is 7.65. The van der Waals surface area contributed by atoms with Gasteiger partial charge in [-0.2, -0.15) is 24.9 Å². The van der Waals surface area contributed by atoms with E-state index in [9.17, 15) is 22.8 Å². The van der Waals surface area contributed by atoms with Crippen LogP contribution in [-0.2, 0) is 4.79 Å². The molecule has 5 nitrogen and oxygen atoms in total. The highest BCUT2D eigenvalue weighted by molar-refractivity contribution is 7.98. The average Bonchev–Trinajstić information content (AvgIpc) is 2.20. The maximum absolute atomic E-state index is 12.0. The molecule has 3 N–H and O–H groups in total. The average molecular weight is 302 g/mol. The number of urea groups is 1. The van der Waals surface area contributed by atoms with Crippen LogP contribution in [0.2, 0.25) is 0 Å². The number of rotatable bonds is 7. The maximum Gasteiger partial charge on any atom is 0.391 e. The first kappa shape index (κ1) is 17.9. The van der Waals surface area contributed by atoms with Crippen molar-refractivity contribution in [1.82, 2.24) is 10.6 Å². The highest BCUT2D eigenvalue weighted by Crippen LogP contribution is 2.21. The molecule has 0 aromatic rings. The monoisotopic (exact) mass is 302 g/mol. The number of carbonyl (C=O) groups excluding carboxylic acids is 1. The van der Waals surface area contributed by atoms with Crippen molar-refractivity contribution in [3.05, 3.63) is 0 Å². The van der Waals surface area contributed by atoms with E-state index in [1.54, 1.807) is 6.26 Å². The van der Waals surface area contributed by atoms with Crippen molar-refractivity contribution >= 4 is 23.8 Å². The van der Waals surface area contributed by atoms with E-state index in [1.807, 2.05) is 0 Å². The zero-order chi connectivity index (χ0) is 15.1. The lowest BCUT2D eigenvalue weighted by Gasteiger charge is -2.19. The SMILES string of the molecule is CSCC[C@H](NC(=O)NC(C)CC(F)(F)F)C(=O)O. The molecule has 0 aromatic heterocycles. The Morgan fingerprint density at radius 2 is 1.89 bits per heavy atom. The molecule has 2 atom stereocenters. The fourth-order valence-electron chi connectivity index (χ4n) is 1.32. The number of aliphatic carboxylic acids is 1. The molecule has 0 spiro atoms. The number of hydrogen-bond donors (Lipinski definition) is 3. The van der Waals surface area contributed by atoms with E-state index in [1.165, 1.54) is 18.7 Å². The van der Waals surface area contributed by atoms with E-state index in [4.69, 9.17) is 5.11 Å². The summed E-state index contributed by atoms with van der Waals surface area (Å²) in [6, 6.07) is -3.13. The van der Waals surface area contributed by atoms with Crippen molar-refractivity contribution < 1.29 is 27.9 Å². The van der Waals surface area contributed by atoms with Gasteiger partial charge in [-0.1, -0.05) is 0 Å². The second-order valence-corrected chi connectivity index (χ2v) is 5.00. The topological polar surface area (TPSA) is 78.4 Å². The number of alkyl halides is 3. The Bertz CT molecular complexity index is 313. The predicted molar refractivity (Wildman–Crippen MR) is 66.2 cm³/mol. The number of nitrogens with one attached hydrogen (secondary N) is 2. The van der Waals surface area contributed by atoms with Crippen LogP contribution >= 0.6 is 11.8 Å². The summed E-state index contributed by atoms with van der Waals surface area (Å²) in [5.74, 6) is -0.692. The molecule has 0 bridgehead atoms. The summed E-state index contributed by atoms with van der Waals surface area (Å²) >= 11 is 1.41. The van der Waals surface area contributed by atoms with Crippen molar-refractivity contribution in [3.63, 3.8) is 0 Å². The molecule has 0 saturated heterocycles. The molecule has 0 aliphatic carbocycles. The Morgan fingerprint density at radius 1 is 1.32 bits per heavy atom. The van der Waals surface area contributed by atoms with Gasteiger partial charge in [-0.05, 0) is 25.4 Å². The lowest BCUT2D eigenvalue weighted by molar-refractivity contribution is -0.140. The number of carbonyl (C=O) groups is 2. The minimum absolute atomic E-state index is 0.206. The van der Waals surface area contributed by atoms with Gasteiger partial charge in [0.15, 0.2) is 0 Å². The summed E-state index contributed by atoms with van der Waals surface area (Å²) in [4.78, 5) is 22.2. The molecule has 0 rings (SSSR count). The van der Waals surface area contributed by atoms with Crippen LogP contribution in [0.5, 0.6) is 0 Å². The quantitative estimate of drug-likeness (QED) is 0.670. The predicted octanol–water partition coefficient (Wildman–Crippen LogP) is 1.83. The van der Waals surface area contributed by atoms with Gasteiger partial charge in [0.05, 0.1) is 6.42 Å². The van der Waals surface area contributed by atoms with E-state index in [-0.39, 0.29) is 6.42 Å². The minimum atomic E-state index is -4.38. The van der Waals surface area contributed by atoms with Crippen LogP contribution in [0.4, 0.5) is 18.0 Å². The molecular weight excluding hydrogens is 285 g/mol. The zero-order valence-electron chi connectivity index (χ0n) is 10.6. The number of carboxylic acids is 1. The number of amides is 2. The molecule has 112 valence electrons. The lowest BCUT2D eigenvalue weighted by atomic mass is 10.2. The number of hydrogen-bond acceptors (Lipinski definition) is 3. The molecule has 0 radical (unpaired) electrons. The minimum Gasteiger partial charge on any atom is -0.480 e. The first-order valence-electron chi connectivity index (χ1n) is 5.51. The molecule has 0 aromatic carbocycles. The van der Waals surface area contributed by atoms with Crippen LogP contribution in [0.1, 0.15) is 19.8 Å². The van der Waals surface area contributed by atoms with Gasteiger partial charge in [0, 0.05) is 6.04 Å². The summed E-state index contributed by atoms with van der Waals surface area (Å²) < 4.78 is 36.1. The van der Waals surface area contributed by atoms with E-state index in [0.717, 1.165) is 0 Å². The van der Waals surface area contributed by atoms with Crippen LogP contribution < -0.4 is 10.6 Å². The number of thioether (sulfide) groups is 1. The molecule has 9 heteroatoms. The van der Waals surface area contributed by atoms with E-state index < -0.39 is 36.7 Å². The molecule has 0 heterocycles. The van der Waals surface area contributed by atoms with Crippen molar-refractivity contribution in [2.45, 2.75) is 38.0 Å². The van der Waals surface area contributed by atoms with Crippen molar-refractivity contribution in [3.8, 4) is 0 Å². The Balaban J connectivity index is 4.22. The number of halogens is 3. The third-order valence-electron chi connectivity index (χ3n) is 2.13. The van der Waals surface area contributed by atoms with Gasteiger partial charge in [0.25, 0.3) is 0 Å². The fourth-order valence-corrected chi connectivity index (χ4v) is 1.79. The number of carboxylic acid groups (broad SMARTS) is 1. The van der Waals surface area contributed by atoms with Crippen LogP contribution in [0.3, 0.4) is 0 Å². The Hall–Kier alpha value is -1.12. The van der Waals surface area contributed by atoms with Gasteiger partial charge < -0.3 is 15.7 Å². The smallest absolute Gasteiger partial charge is 0.391 e. The second-order valence-electron chi connectivity index (χ2n) is 4.01. The summed E-state index contributed by atoms with van der Waals surface area (Å²) in [5.41, 5.74) is 0. The molecule has 1 unspecified atom stereocenters. The van der Waals surface area contributed by atoms with E-state index in [0.29, 0.717) is 5.75 Å². The van der Waals surface area contributed by atoms with Gasteiger partial charge >= 0.3 is 18.2 Å². The first-order valence-corrected chi connectivity index (χ1v) is 6.90. The lowest BCUT2D eigenvalue weighted by Crippen LogP contribution is -2.49. The van der Waals surface area contributed by atoms with Crippen LogP contribution in [-0.4, -0.2) is 47.4 Å². The Morgan fingerprint density at radius 3 is 2.32 bits per heavy atom. The van der Waals surface area contributed by atoms with Gasteiger partial charge in [-0.15, -0.1) is 0 Å². The molecule has 0 aliphatic heterocycles. The van der Waals surface area contributed by atoms with Crippen LogP contribution in [0.25, 0.3) is 0 Å². The summed E-state index contributed by atoms with van der Waals surface area (Å²) in [6.45, 7) is 1.20. The Labute approximate surface area is 113 Å².